The predicted octanol–water partition coefficient (Wildman–Crippen LogP) is 3.49. The highest BCUT2D eigenvalue weighted by Crippen LogP contribution is 2.24. The maximum Gasteiger partial charge on any atom is 0.255 e. The van der Waals surface area contributed by atoms with Crippen molar-refractivity contribution in [3.63, 3.8) is 0 Å². The molecule has 1 amide bonds. The molecule has 3 rings (SSSR count). The van der Waals surface area contributed by atoms with Crippen LogP contribution >= 0.6 is 11.7 Å². The highest BCUT2D eigenvalue weighted by atomic mass is 32.1. The second-order valence-electron chi connectivity index (χ2n) is 7.84. The summed E-state index contributed by atoms with van der Waals surface area (Å²) in [6.45, 7) is 6.31. The summed E-state index contributed by atoms with van der Waals surface area (Å²) < 4.78 is 22.4. The van der Waals surface area contributed by atoms with E-state index in [-0.39, 0.29) is 18.2 Å². The molecule has 160 valence electrons. The average Bonchev–Trinajstić information content (AvgIpc) is 3.12. The van der Waals surface area contributed by atoms with E-state index >= 15 is 0 Å². The summed E-state index contributed by atoms with van der Waals surface area (Å²) in [6.07, 6.45) is -0.158. The average molecular weight is 433 g/mol. The van der Waals surface area contributed by atoms with Crippen molar-refractivity contribution in [1.82, 2.24) is 19.0 Å². The van der Waals surface area contributed by atoms with E-state index in [1.807, 2.05) is 32.0 Å². The van der Waals surface area contributed by atoms with Crippen LogP contribution in [0.25, 0.3) is 11.0 Å². The molecule has 0 radical (unpaired) electrons. The summed E-state index contributed by atoms with van der Waals surface area (Å²) in [7, 11) is 0. The molecule has 0 aliphatic carbocycles. The first-order chi connectivity index (χ1) is 14.1. The number of halogens is 1. The van der Waals surface area contributed by atoms with Gasteiger partial charge in [0.2, 0.25) is 0 Å². The van der Waals surface area contributed by atoms with Crippen LogP contribution in [0.4, 0.5) is 21.6 Å². The lowest BCUT2D eigenvalue weighted by molar-refractivity contribution is -0.00177. The molecule has 2 heterocycles. The van der Waals surface area contributed by atoms with Gasteiger partial charge in [0, 0.05) is 24.0 Å². The molecule has 0 bridgehead atoms. The third-order valence-corrected chi connectivity index (χ3v) is 4.88. The third-order valence-electron chi connectivity index (χ3n) is 4.33. The summed E-state index contributed by atoms with van der Waals surface area (Å²) >= 11 is 1.15. The molecule has 3 aromatic rings. The smallest absolute Gasteiger partial charge is 0.255 e. The fourth-order valence-corrected chi connectivity index (χ4v) is 3.19. The van der Waals surface area contributed by atoms with Gasteiger partial charge >= 0.3 is 0 Å². The van der Waals surface area contributed by atoms with Crippen molar-refractivity contribution >= 4 is 45.9 Å². The number of pyridine rings is 1. The van der Waals surface area contributed by atoms with Crippen LogP contribution in [0.2, 0.25) is 0 Å². The van der Waals surface area contributed by atoms with Crippen molar-refractivity contribution in [2.24, 2.45) is 0 Å². The number of anilines is 3. The van der Waals surface area contributed by atoms with Gasteiger partial charge in [-0.05, 0) is 45.9 Å². The number of benzene rings is 1. The maximum atomic E-state index is 14.0. The lowest BCUT2D eigenvalue weighted by atomic mass is 10.0. The number of aliphatic hydroxyl groups is 1. The zero-order chi connectivity index (χ0) is 21.9. The number of alkyl halides is 1. The van der Waals surface area contributed by atoms with E-state index in [0.717, 1.165) is 28.4 Å². The highest BCUT2D eigenvalue weighted by Gasteiger charge is 2.27. The van der Waals surface area contributed by atoms with Crippen LogP contribution < -0.4 is 16.0 Å². The van der Waals surface area contributed by atoms with Crippen LogP contribution in [0.5, 0.6) is 0 Å². The molecule has 10 heteroatoms. The van der Waals surface area contributed by atoms with Crippen LogP contribution in [-0.4, -0.2) is 49.1 Å². The van der Waals surface area contributed by atoms with E-state index < -0.39 is 17.7 Å². The summed E-state index contributed by atoms with van der Waals surface area (Å²) in [5, 5.41) is 18.6. The standard InChI is InChI=1S/C20H25FN6O2S/c1-11(2)24-15-8-18(25-12-5-6-14-16(7-12)27-30-26-14)22-9-13(15)19(28)23-10-17(21)20(3,4)29/h5-9,11,17,29H,10H2,1-4H3,(H,23,28)(H2,22,24,25). The number of aromatic nitrogens is 3. The third kappa shape index (κ3) is 5.39. The number of carbonyl (C=O) groups is 1. The van der Waals surface area contributed by atoms with E-state index in [1.165, 1.54) is 20.0 Å². The number of amides is 1. The monoisotopic (exact) mass is 432 g/mol. The van der Waals surface area contributed by atoms with Gasteiger partial charge < -0.3 is 21.1 Å². The number of fused-ring (bicyclic) bond motifs is 1. The van der Waals surface area contributed by atoms with Gasteiger partial charge in [-0.1, -0.05) is 0 Å². The normalized spacial score (nSPS) is 12.8. The minimum Gasteiger partial charge on any atom is -0.387 e. The Morgan fingerprint density at radius 2 is 1.97 bits per heavy atom. The Labute approximate surface area is 178 Å². The molecule has 0 fully saturated rings. The number of hydrogen-bond donors (Lipinski definition) is 4. The molecular weight excluding hydrogens is 407 g/mol. The topological polar surface area (TPSA) is 112 Å². The van der Waals surface area contributed by atoms with Gasteiger partial charge in [-0.2, -0.15) is 8.75 Å². The molecule has 0 saturated heterocycles. The van der Waals surface area contributed by atoms with Crippen LogP contribution in [-0.2, 0) is 0 Å². The molecule has 0 aliphatic heterocycles. The first-order valence-electron chi connectivity index (χ1n) is 9.54. The van der Waals surface area contributed by atoms with Gasteiger partial charge in [0.25, 0.3) is 5.91 Å². The van der Waals surface area contributed by atoms with Crippen molar-refractivity contribution in [3.05, 3.63) is 36.0 Å². The summed E-state index contributed by atoms with van der Waals surface area (Å²) in [6, 6.07) is 7.40. The quantitative estimate of drug-likeness (QED) is 0.431. The van der Waals surface area contributed by atoms with Crippen LogP contribution in [0.15, 0.2) is 30.5 Å². The zero-order valence-corrected chi connectivity index (χ0v) is 18.0. The van der Waals surface area contributed by atoms with Gasteiger partial charge in [-0.3, -0.25) is 4.79 Å². The predicted molar refractivity (Wildman–Crippen MR) is 117 cm³/mol. The van der Waals surface area contributed by atoms with E-state index in [0.29, 0.717) is 11.5 Å². The molecule has 1 atom stereocenters. The van der Waals surface area contributed by atoms with Crippen LogP contribution in [0.3, 0.4) is 0 Å². The Morgan fingerprint density at radius 3 is 2.67 bits per heavy atom. The fraction of sp³-hybridized carbons (Fsp3) is 0.400. The van der Waals surface area contributed by atoms with Gasteiger partial charge in [0.1, 0.15) is 23.0 Å². The SMILES string of the molecule is CC(C)Nc1cc(Nc2ccc3nsnc3c2)ncc1C(=O)NCC(F)C(C)(C)O. The minimum absolute atomic E-state index is 0.0644. The Morgan fingerprint density at radius 1 is 1.23 bits per heavy atom. The lowest BCUT2D eigenvalue weighted by Crippen LogP contribution is -2.42. The minimum atomic E-state index is -1.59. The molecule has 0 spiro atoms. The van der Waals surface area contributed by atoms with E-state index in [1.54, 1.807) is 6.07 Å². The molecule has 0 saturated carbocycles. The zero-order valence-electron chi connectivity index (χ0n) is 17.2. The Balaban J connectivity index is 1.79. The number of nitrogens with one attached hydrogen (secondary N) is 3. The second kappa shape index (κ2) is 8.88. The Hall–Kier alpha value is -2.85. The van der Waals surface area contributed by atoms with Gasteiger partial charge in [-0.15, -0.1) is 0 Å². The van der Waals surface area contributed by atoms with Gasteiger partial charge in [0.15, 0.2) is 0 Å². The maximum absolute atomic E-state index is 14.0. The molecule has 4 N–H and O–H groups in total. The van der Waals surface area contributed by atoms with Crippen molar-refractivity contribution in [2.75, 3.05) is 17.2 Å². The summed E-state index contributed by atoms with van der Waals surface area (Å²) in [5.41, 5.74) is 1.72. The van der Waals surface area contributed by atoms with Gasteiger partial charge in [0.05, 0.1) is 35.1 Å². The molecule has 1 aromatic carbocycles. The van der Waals surface area contributed by atoms with Crippen molar-refractivity contribution in [2.45, 2.75) is 45.5 Å². The van der Waals surface area contributed by atoms with Crippen molar-refractivity contribution in [3.8, 4) is 0 Å². The van der Waals surface area contributed by atoms with E-state index in [9.17, 15) is 14.3 Å². The number of nitrogens with zero attached hydrogens (tertiary/aromatic N) is 3. The largest absolute Gasteiger partial charge is 0.387 e. The van der Waals surface area contributed by atoms with Crippen LogP contribution in [0.1, 0.15) is 38.1 Å². The number of rotatable bonds is 8. The number of hydrogen-bond acceptors (Lipinski definition) is 8. The van der Waals surface area contributed by atoms with E-state index in [4.69, 9.17) is 0 Å². The Kier molecular flexibility index (Phi) is 6.47. The first-order valence-corrected chi connectivity index (χ1v) is 10.3. The van der Waals surface area contributed by atoms with Gasteiger partial charge in [-0.25, -0.2) is 9.37 Å². The molecule has 8 nitrogen and oxygen atoms in total. The first kappa shape index (κ1) is 21.8. The lowest BCUT2D eigenvalue weighted by Gasteiger charge is -2.23. The van der Waals surface area contributed by atoms with E-state index in [2.05, 4.69) is 29.7 Å². The molecular formula is C20H25FN6O2S. The summed E-state index contributed by atoms with van der Waals surface area (Å²) in [5.74, 6) is 0.0659. The van der Waals surface area contributed by atoms with Crippen molar-refractivity contribution in [1.29, 1.82) is 0 Å². The number of carbonyl (C=O) groups excluding carboxylic acids is 1. The molecule has 0 aliphatic rings. The second-order valence-corrected chi connectivity index (χ2v) is 8.37. The molecule has 1 unspecified atom stereocenters. The van der Waals surface area contributed by atoms with Crippen LogP contribution in [0, 0.1) is 0 Å². The molecule has 30 heavy (non-hydrogen) atoms. The Bertz CT molecular complexity index is 1030. The highest BCUT2D eigenvalue weighted by molar-refractivity contribution is 7.00. The molecule has 2 aromatic heterocycles. The fourth-order valence-electron chi connectivity index (χ4n) is 2.67. The summed E-state index contributed by atoms with van der Waals surface area (Å²) in [4.78, 5) is 16.9. The van der Waals surface area contributed by atoms with Crippen molar-refractivity contribution < 1.29 is 14.3 Å².